The molecule has 2 aromatic rings. The molecule has 2 aliphatic heterocycles. The molecule has 0 aliphatic carbocycles. The van der Waals surface area contributed by atoms with Crippen molar-refractivity contribution in [1.82, 2.24) is 9.80 Å². The molecule has 0 bridgehead atoms. The zero-order valence-electron chi connectivity index (χ0n) is 14.2. The van der Waals surface area contributed by atoms with E-state index in [9.17, 15) is 9.59 Å². The molecule has 128 valence electrons. The van der Waals surface area contributed by atoms with Gasteiger partial charge in [0.15, 0.2) is 0 Å². The fourth-order valence-electron chi connectivity index (χ4n) is 4.00. The van der Waals surface area contributed by atoms with Gasteiger partial charge in [0, 0.05) is 6.54 Å². The zero-order valence-corrected chi connectivity index (χ0v) is 14.2. The lowest BCUT2D eigenvalue weighted by atomic mass is 9.91. The molecule has 2 fully saturated rings. The van der Waals surface area contributed by atoms with Crippen LogP contribution in [-0.4, -0.2) is 34.2 Å². The van der Waals surface area contributed by atoms with Crippen LogP contribution in [0.15, 0.2) is 60.7 Å². The Kier molecular flexibility index (Phi) is 4.36. The van der Waals surface area contributed by atoms with Crippen molar-refractivity contribution in [3.05, 3.63) is 71.8 Å². The number of piperazine rings is 1. The van der Waals surface area contributed by atoms with Gasteiger partial charge >= 0.3 is 0 Å². The van der Waals surface area contributed by atoms with Gasteiger partial charge in [-0.3, -0.25) is 19.4 Å². The summed E-state index contributed by atoms with van der Waals surface area (Å²) in [5.74, 6) is -0.140. The second kappa shape index (κ2) is 6.81. The third kappa shape index (κ3) is 2.98. The predicted octanol–water partition coefficient (Wildman–Crippen LogP) is 3.15. The zero-order chi connectivity index (χ0) is 17.2. The van der Waals surface area contributed by atoms with E-state index < -0.39 is 0 Å². The summed E-state index contributed by atoms with van der Waals surface area (Å²) in [6.45, 7) is 1.16. The smallest absolute Gasteiger partial charge is 0.251 e. The molecule has 0 radical (unpaired) electrons. The molecule has 0 N–H and O–H groups in total. The lowest BCUT2D eigenvalue weighted by Crippen LogP contribution is -2.61. The van der Waals surface area contributed by atoms with E-state index in [2.05, 4.69) is 4.90 Å². The normalized spacial score (nSPS) is 24.2. The fraction of sp³-hybridized carbons (Fsp3) is 0.333. The molecule has 2 saturated heterocycles. The maximum atomic E-state index is 13.3. The Balaban J connectivity index is 1.70. The van der Waals surface area contributed by atoms with Crippen molar-refractivity contribution >= 4 is 11.8 Å². The Morgan fingerprint density at radius 1 is 0.840 bits per heavy atom. The number of carbonyl (C=O) groups is 2. The van der Waals surface area contributed by atoms with Gasteiger partial charge in [0.05, 0.1) is 12.6 Å². The maximum Gasteiger partial charge on any atom is 0.251 e. The van der Waals surface area contributed by atoms with Gasteiger partial charge in [-0.2, -0.15) is 0 Å². The fourth-order valence-corrected chi connectivity index (χ4v) is 4.00. The Bertz CT molecular complexity index is 760. The van der Waals surface area contributed by atoms with Crippen LogP contribution in [-0.2, 0) is 16.1 Å². The number of hydrogen-bond donors (Lipinski definition) is 0. The van der Waals surface area contributed by atoms with Crippen LogP contribution in [0.4, 0.5) is 0 Å². The van der Waals surface area contributed by atoms with Gasteiger partial charge in [-0.15, -0.1) is 0 Å². The highest BCUT2D eigenvalue weighted by molar-refractivity contribution is 6.03. The number of imide groups is 1. The molecule has 0 saturated carbocycles. The second-order valence-corrected chi connectivity index (χ2v) is 6.81. The first-order valence-corrected chi connectivity index (χ1v) is 8.95. The van der Waals surface area contributed by atoms with Gasteiger partial charge in [0.25, 0.3) is 5.91 Å². The summed E-state index contributed by atoms with van der Waals surface area (Å²) >= 11 is 0. The van der Waals surface area contributed by atoms with Gasteiger partial charge in [0.2, 0.25) is 5.91 Å². The molecular formula is C21H22N2O2. The number of piperidine rings is 1. The second-order valence-electron chi connectivity index (χ2n) is 6.81. The third-order valence-electron chi connectivity index (χ3n) is 5.23. The quantitative estimate of drug-likeness (QED) is 0.810. The van der Waals surface area contributed by atoms with Crippen molar-refractivity contribution in [3.63, 3.8) is 0 Å². The van der Waals surface area contributed by atoms with Gasteiger partial charge in [-0.05, 0) is 24.0 Å². The van der Waals surface area contributed by atoms with E-state index >= 15 is 0 Å². The van der Waals surface area contributed by atoms with E-state index in [-0.39, 0.29) is 23.9 Å². The van der Waals surface area contributed by atoms with Crippen LogP contribution in [0.2, 0.25) is 0 Å². The molecule has 2 heterocycles. The molecule has 4 rings (SSSR count). The average molecular weight is 334 g/mol. The van der Waals surface area contributed by atoms with Gasteiger partial charge in [0.1, 0.15) is 6.04 Å². The molecule has 0 unspecified atom stereocenters. The number of hydrogen-bond acceptors (Lipinski definition) is 3. The first-order chi connectivity index (χ1) is 12.3. The molecule has 0 spiro atoms. The van der Waals surface area contributed by atoms with Crippen molar-refractivity contribution in [2.45, 2.75) is 37.9 Å². The summed E-state index contributed by atoms with van der Waals surface area (Å²) in [5, 5.41) is 0. The van der Waals surface area contributed by atoms with Crippen molar-refractivity contribution in [1.29, 1.82) is 0 Å². The SMILES string of the molecule is O=C1[C@H]2CCCCN2[C@@H](c2ccccc2)C(=O)N1Cc1ccccc1. The van der Waals surface area contributed by atoms with Crippen LogP contribution in [0.25, 0.3) is 0 Å². The van der Waals surface area contributed by atoms with Crippen LogP contribution in [0.5, 0.6) is 0 Å². The highest BCUT2D eigenvalue weighted by Crippen LogP contribution is 2.35. The highest BCUT2D eigenvalue weighted by atomic mass is 16.2. The molecule has 25 heavy (non-hydrogen) atoms. The number of amides is 2. The minimum absolute atomic E-state index is 0.0410. The molecule has 2 aromatic carbocycles. The molecule has 2 atom stereocenters. The molecule has 0 aromatic heterocycles. The van der Waals surface area contributed by atoms with E-state index in [1.807, 2.05) is 60.7 Å². The summed E-state index contributed by atoms with van der Waals surface area (Å²) in [5.41, 5.74) is 1.96. The van der Waals surface area contributed by atoms with E-state index in [0.29, 0.717) is 6.54 Å². The number of rotatable bonds is 3. The Morgan fingerprint density at radius 2 is 1.52 bits per heavy atom. The third-order valence-corrected chi connectivity index (χ3v) is 5.23. The minimum atomic E-state index is -0.354. The first kappa shape index (κ1) is 16.0. The maximum absolute atomic E-state index is 13.3. The Labute approximate surface area is 148 Å². The van der Waals surface area contributed by atoms with E-state index in [1.165, 1.54) is 4.90 Å². The summed E-state index contributed by atoms with van der Waals surface area (Å²) in [7, 11) is 0. The van der Waals surface area contributed by atoms with Crippen LogP contribution < -0.4 is 0 Å². The van der Waals surface area contributed by atoms with E-state index in [1.54, 1.807) is 0 Å². The lowest BCUT2D eigenvalue weighted by Gasteiger charge is -2.46. The minimum Gasteiger partial charge on any atom is -0.277 e. The van der Waals surface area contributed by atoms with Crippen molar-refractivity contribution in [3.8, 4) is 0 Å². The largest absolute Gasteiger partial charge is 0.277 e. The summed E-state index contributed by atoms with van der Waals surface area (Å²) < 4.78 is 0. The molecule has 2 amide bonds. The average Bonchev–Trinajstić information content (AvgIpc) is 2.67. The van der Waals surface area contributed by atoms with Crippen molar-refractivity contribution < 1.29 is 9.59 Å². The van der Waals surface area contributed by atoms with Gasteiger partial charge in [-0.1, -0.05) is 67.1 Å². The lowest BCUT2D eigenvalue weighted by molar-refractivity contribution is -0.163. The highest BCUT2D eigenvalue weighted by Gasteiger charge is 2.47. The van der Waals surface area contributed by atoms with Crippen molar-refractivity contribution in [2.75, 3.05) is 6.54 Å². The monoisotopic (exact) mass is 334 g/mol. The van der Waals surface area contributed by atoms with E-state index in [4.69, 9.17) is 0 Å². The van der Waals surface area contributed by atoms with Crippen LogP contribution in [0.3, 0.4) is 0 Å². The number of nitrogens with zero attached hydrogens (tertiary/aromatic N) is 2. The first-order valence-electron chi connectivity index (χ1n) is 8.95. The topological polar surface area (TPSA) is 40.6 Å². The van der Waals surface area contributed by atoms with Crippen LogP contribution in [0, 0.1) is 0 Å². The van der Waals surface area contributed by atoms with Crippen LogP contribution in [0.1, 0.15) is 36.4 Å². The summed E-state index contributed by atoms with van der Waals surface area (Å²) in [4.78, 5) is 29.9. The summed E-state index contributed by atoms with van der Waals surface area (Å²) in [6.07, 6.45) is 2.92. The van der Waals surface area contributed by atoms with Gasteiger partial charge in [-0.25, -0.2) is 0 Å². The number of benzene rings is 2. The number of carbonyl (C=O) groups excluding carboxylic acids is 2. The number of fused-ring (bicyclic) bond motifs is 1. The summed E-state index contributed by atoms with van der Waals surface area (Å²) in [6, 6.07) is 19.1. The Morgan fingerprint density at radius 3 is 2.24 bits per heavy atom. The molecular weight excluding hydrogens is 312 g/mol. The predicted molar refractivity (Wildman–Crippen MR) is 95.5 cm³/mol. The Hall–Kier alpha value is -2.46. The standard InChI is InChI=1S/C21H22N2O2/c24-20-18-13-7-8-14-22(18)19(17-11-5-2-6-12-17)21(25)23(20)15-16-9-3-1-4-10-16/h1-6,9-12,18-19H,7-8,13-15H2/t18-,19+/m1/s1. The molecule has 2 aliphatic rings. The van der Waals surface area contributed by atoms with E-state index in [0.717, 1.165) is 36.9 Å². The van der Waals surface area contributed by atoms with Crippen LogP contribution >= 0.6 is 0 Å². The molecule has 4 heteroatoms. The van der Waals surface area contributed by atoms with Gasteiger partial charge < -0.3 is 0 Å². The molecule has 4 nitrogen and oxygen atoms in total. The van der Waals surface area contributed by atoms with Crippen molar-refractivity contribution in [2.24, 2.45) is 0 Å².